The quantitative estimate of drug-likeness (QED) is 0.210. The Bertz CT molecular complexity index is 1070. The minimum Gasteiger partial charge on any atom is -0.507 e. The maximum Gasteiger partial charge on any atom is 0.295 e. The Balaban J connectivity index is 2.03. The number of likely N-dealkylation sites (tertiary alicyclic amines) is 1. The van der Waals surface area contributed by atoms with Crippen molar-refractivity contribution in [3.05, 3.63) is 70.3 Å². The average molecular weight is 479 g/mol. The van der Waals surface area contributed by atoms with Crippen LogP contribution in [0.25, 0.3) is 5.76 Å². The van der Waals surface area contributed by atoms with Gasteiger partial charge in [-0.1, -0.05) is 44.5 Å². The molecule has 0 saturated carbocycles. The fourth-order valence-electron chi connectivity index (χ4n) is 4.42. The molecule has 1 atom stereocenters. The summed E-state index contributed by atoms with van der Waals surface area (Å²) in [6.07, 6.45) is 3.64. The number of ether oxygens (including phenoxy) is 1. The van der Waals surface area contributed by atoms with E-state index in [1.165, 1.54) is 5.56 Å². The normalized spacial score (nSPS) is 17.4. The summed E-state index contributed by atoms with van der Waals surface area (Å²) in [6, 6.07) is 12.8. The molecule has 2 aromatic rings. The van der Waals surface area contributed by atoms with Gasteiger partial charge in [0.1, 0.15) is 11.5 Å². The van der Waals surface area contributed by atoms with Crippen LogP contribution in [0.2, 0.25) is 0 Å². The maximum atomic E-state index is 13.2. The largest absolute Gasteiger partial charge is 0.507 e. The van der Waals surface area contributed by atoms with Crippen LogP contribution in [0.5, 0.6) is 5.75 Å². The van der Waals surface area contributed by atoms with Crippen molar-refractivity contribution in [1.29, 1.82) is 0 Å². The molecule has 1 heterocycles. The molecular formula is C29H38N2O4. The Hall–Kier alpha value is -3.12. The number of ketones is 1. The molecule has 1 amide bonds. The molecule has 1 N–H and O–H groups in total. The highest BCUT2D eigenvalue weighted by molar-refractivity contribution is 6.46. The Morgan fingerprint density at radius 2 is 1.77 bits per heavy atom. The van der Waals surface area contributed by atoms with E-state index in [4.69, 9.17) is 4.74 Å². The number of unbranched alkanes of at least 4 members (excludes halogenated alkanes) is 1. The van der Waals surface area contributed by atoms with Gasteiger partial charge in [-0.05, 0) is 81.7 Å². The summed E-state index contributed by atoms with van der Waals surface area (Å²) in [6.45, 7) is 7.93. The van der Waals surface area contributed by atoms with E-state index in [0.717, 1.165) is 49.1 Å². The molecule has 0 aliphatic carbocycles. The topological polar surface area (TPSA) is 70.1 Å². The van der Waals surface area contributed by atoms with Crippen molar-refractivity contribution in [2.24, 2.45) is 0 Å². The standard InChI is InChI=1S/C29H38N2O4/c1-6-8-18-35-23-14-15-24(20(3)19-23)27(32)25-26(22-12-10-21(7-2)11-13-22)31(29(34)28(25)33)17-9-16-30(4)5/h10-15,19,26,32H,6-9,16-18H2,1-5H3/t26-/m1/s1. The third kappa shape index (κ3) is 6.12. The van der Waals surface area contributed by atoms with E-state index in [2.05, 4.69) is 18.7 Å². The predicted octanol–water partition coefficient (Wildman–Crippen LogP) is 5.11. The van der Waals surface area contributed by atoms with E-state index in [9.17, 15) is 14.7 Å². The molecule has 1 saturated heterocycles. The lowest BCUT2D eigenvalue weighted by molar-refractivity contribution is -0.139. The molecule has 0 radical (unpaired) electrons. The molecule has 0 aromatic heterocycles. The van der Waals surface area contributed by atoms with Crippen molar-refractivity contribution in [2.45, 2.75) is 52.5 Å². The SMILES string of the molecule is CCCCOc1ccc(C(O)=C2C(=O)C(=O)N(CCCN(C)C)[C@@H]2c2ccc(CC)cc2)c(C)c1. The van der Waals surface area contributed by atoms with Crippen LogP contribution in [-0.4, -0.2) is 60.4 Å². The first-order valence-corrected chi connectivity index (χ1v) is 12.5. The number of hydrogen-bond donors (Lipinski definition) is 1. The van der Waals surface area contributed by atoms with Crippen LogP contribution >= 0.6 is 0 Å². The lowest BCUT2D eigenvalue weighted by Crippen LogP contribution is -2.32. The minimum absolute atomic E-state index is 0.138. The van der Waals surface area contributed by atoms with Gasteiger partial charge in [0.15, 0.2) is 0 Å². The first-order valence-electron chi connectivity index (χ1n) is 12.5. The number of hydrogen-bond acceptors (Lipinski definition) is 5. The van der Waals surface area contributed by atoms with Gasteiger partial charge < -0.3 is 19.6 Å². The summed E-state index contributed by atoms with van der Waals surface area (Å²) in [4.78, 5) is 30.0. The number of benzene rings is 2. The Morgan fingerprint density at radius 1 is 1.06 bits per heavy atom. The lowest BCUT2D eigenvalue weighted by Gasteiger charge is -2.26. The number of carbonyl (C=O) groups is 2. The number of amides is 1. The number of nitrogens with zero attached hydrogens (tertiary/aromatic N) is 2. The highest BCUT2D eigenvalue weighted by Gasteiger charge is 2.45. The summed E-state index contributed by atoms with van der Waals surface area (Å²) >= 11 is 0. The van der Waals surface area contributed by atoms with Crippen molar-refractivity contribution < 1.29 is 19.4 Å². The van der Waals surface area contributed by atoms with Crippen molar-refractivity contribution in [2.75, 3.05) is 33.8 Å². The van der Waals surface area contributed by atoms with Crippen LogP contribution in [0.4, 0.5) is 0 Å². The highest BCUT2D eigenvalue weighted by Crippen LogP contribution is 2.40. The first kappa shape index (κ1) is 26.5. The molecule has 188 valence electrons. The monoisotopic (exact) mass is 478 g/mol. The summed E-state index contributed by atoms with van der Waals surface area (Å²) in [5, 5.41) is 11.4. The highest BCUT2D eigenvalue weighted by atomic mass is 16.5. The second kappa shape index (κ2) is 12.0. The van der Waals surface area contributed by atoms with E-state index in [1.54, 1.807) is 17.0 Å². The van der Waals surface area contributed by atoms with Gasteiger partial charge in [-0.15, -0.1) is 0 Å². The van der Waals surface area contributed by atoms with Crippen LogP contribution in [0.15, 0.2) is 48.0 Å². The van der Waals surface area contributed by atoms with Crippen molar-refractivity contribution >= 4 is 17.4 Å². The lowest BCUT2D eigenvalue weighted by atomic mass is 9.93. The molecule has 0 unspecified atom stereocenters. The van der Waals surface area contributed by atoms with Crippen LogP contribution in [0.3, 0.4) is 0 Å². The van der Waals surface area contributed by atoms with Crippen LogP contribution in [0.1, 0.15) is 61.4 Å². The van der Waals surface area contributed by atoms with Crippen molar-refractivity contribution in [3.63, 3.8) is 0 Å². The second-order valence-electron chi connectivity index (χ2n) is 9.42. The minimum atomic E-state index is -0.639. The number of aliphatic hydroxyl groups excluding tert-OH is 1. The van der Waals surface area contributed by atoms with Gasteiger partial charge in [0.05, 0.1) is 18.2 Å². The number of rotatable bonds is 11. The van der Waals surface area contributed by atoms with Crippen LogP contribution in [0, 0.1) is 6.92 Å². The summed E-state index contributed by atoms with van der Waals surface area (Å²) < 4.78 is 5.79. The van der Waals surface area contributed by atoms with E-state index in [0.29, 0.717) is 18.7 Å². The van der Waals surface area contributed by atoms with E-state index >= 15 is 0 Å². The Morgan fingerprint density at radius 3 is 2.37 bits per heavy atom. The van der Waals surface area contributed by atoms with E-state index in [-0.39, 0.29) is 11.3 Å². The Labute approximate surface area is 209 Å². The van der Waals surface area contributed by atoms with Crippen LogP contribution in [-0.2, 0) is 16.0 Å². The molecule has 3 rings (SSSR count). The average Bonchev–Trinajstić information content (AvgIpc) is 3.09. The smallest absolute Gasteiger partial charge is 0.295 e. The van der Waals surface area contributed by atoms with Gasteiger partial charge in [0.25, 0.3) is 11.7 Å². The fourth-order valence-corrected chi connectivity index (χ4v) is 4.42. The summed E-state index contributed by atoms with van der Waals surface area (Å²) in [5.74, 6) is -0.615. The van der Waals surface area contributed by atoms with Gasteiger partial charge in [0, 0.05) is 12.1 Å². The number of carbonyl (C=O) groups excluding carboxylic acids is 2. The number of aryl methyl sites for hydroxylation is 2. The van der Waals surface area contributed by atoms with Gasteiger partial charge in [-0.3, -0.25) is 9.59 Å². The van der Waals surface area contributed by atoms with Gasteiger partial charge >= 0.3 is 0 Å². The molecule has 1 aliphatic heterocycles. The first-order chi connectivity index (χ1) is 16.8. The van der Waals surface area contributed by atoms with Gasteiger partial charge in [-0.25, -0.2) is 0 Å². The van der Waals surface area contributed by atoms with E-state index in [1.807, 2.05) is 51.4 Å². The maximum absolute atomic E-state index is 13.2. The van der Waals surface area contributed by atoms with Gasteiger partial charge in [0.2, 0.25) is 0 Å². The van der Waals surface area contributed by atoms with Gasteiger partial charge in [-0.2, -0.15) is 0 Å². The zero-order valence-electron chi connectivity index (χ0n) is 21.6. The molecular weight excluding hydrogens is 440 g/mol. The molecule has 35 heavy (non-hydrogen) atoms. The molecule has 1 aliphatic rings. The summed E-state index contributed by atoms with van der Waals surface area (Å²) in [7, 11) is 3.96. The third-order valence-electron chi connectivity index (χ3n) is 6.47. The molecule has 0 spiro atoms. The number of aliphatic hydroxyl groups is 1. The number of Topliss-reactive ketones (excluding diaryl/α,β-unsaturated/α-hetero) is 1. The second-order valence-corrected chi connectivity index (χ2v) is 9.42. The zero-order chi connectivity index (χ0) is 25.5. The summed E-state index contributed by atoms with van der Waals surface area (Å²) in [5.41, 5.74) is 3.47. The zero-order valence-corrected chi connectivity index (χ0v) is 21.6. The van der Waals surface area contributed by atoms with Crippen molar-refractivity contribution in [3.8, 4) is 5.75 Å². The molecule has 6 nitrogen and oxygen atoms in total. The van der Waals surface area contributed by atoms with Crippen molar-refractivity contribution in [1.82, 2.24) is 9.80 Å². The molecule has 2 aromatic carbocycles. The fraction of sp³-hybridized carbons (Fsp3) is 0.448. The third-order valence-corrected chi connectivity index (χ3v) is 6.47. The Kier molecular flexibility index (Phi) is 9.10. The van der Waals surface area contributed by atoms with Crippen LogP contribution < -0.4 is 4.74 Å². The molecule has 6 heteroatoms. The molecule has 0 bridgehead atoms. The predicted molar refractivity (Wildman–Crippen MR) is 140 cm³/mol. The van der Waals surface area contributed by atoms with E-state index < -0.39 is 17.7 Å². The molecule has 1 fully saturated rings.